The van der Waals surface area contributed by atoms with E-state index in [1.165, 1.54) is 0 Å². The molecule has 2 N–H and O–H groups in total. The van der Waals surface area contributed by atoms with Gasteiger partial charge in [0.1, 0.15) is 0 Å². The van der Waals surface area contributed by atoms with Gasteiger partial charge >= 0.3 is 0 Å². The Bertz CT molecular complexity index is 496. The van der Waals surface area contributed by atoms with Crippen molar-refractivity contribution in [2.45, 2.75) is 38.1 Å². The lowest BCUT2D eigenvalue weighted by Crippen LogP contribution is -2.50. The Balaban J connectivity index is 2.15. The van der Waals surface area contributed by atoms with Gasteiger partial charge in [-0.3, -0.25) is 4.79 Å². The first-order valence-electron chi connectivity index (χ1n) is 7.43. The highest BCUT2D eigenvalue weighted by atomic mass is 16.5. The number of carbonyl (C=O) groups excluding carboxylic acids is 1. The quantitative estimate of drug-likeness (QED) is 0.846. The van der Waals surface area contributed by atoms with Crippen molar-refractivity contribution < 1.29 is 14.3 Å². The summed E-state index contributed by atoms with van der Waals surface area (Å²) in [6.07, 6.45) is 3.76. The maximum absolute atomic E-state index is 12.6. The van der Waals surface area contributed by atoms with Gasteiger partial charge in [0.05, 0.1) is 19.8 Å². The molecule has 0 bridgehead atoms. The number of carbonyl (C=O) groups is 1. The number of rotatable bonds is 6. The highest BCUT2D eigenvalue weighted by Gasteiger charge is 2.39. The molecule has 0 spiro atoms. The van der Waals surface area contributed by atoms with E-state index < -0.39 is 5.54 Å². The number of anilines is 1. The molecule has 0 aliphatic carbocycles. The van der Waals surface area contributed by atoms with Crippen LogP contribution in [0.4, 0.5) is 5.69 Å². The number of hydrogen-bond acceptors (Lipinski definition) is 4. The fourth-order valence-corrected chi connectivity index (χ4v) is 2.92. The molecule has 1 aromatic carbocycles. The molecule has 1 heterocycles. The molecule has 1 atom stereocenters. The van der Waals surface area contributed by atoms with Crippen molar-refractivity contribution in [2.75, 3.05) is 26.1 Å². The fraction of sp³-hybridized carbons (Fsp3) is 0.562. The van der Waals surface area contributed by atoms with Crippen LogP contribution in [-0.4, -0.2) is 32.2 Å². The largest absolute Gasteiger partial charge is 0.493 e. The van der Waals surface area contributed by atoms with Crippen molar-refractivity contribution in [2.24, 2.45) is 0 Å². The average Bonchev–Trinajstić information content (AvgIpc) is 2.97. The summed E-state index contributed by atoms with van der Waals surface area (Å²) >= 11 is 0. The Labute approximate surface area is 126 Å². The lowest BCUT2D eigenvalue weighted by atomic mass is 9.91. The third-order valence-corrected chi connectivity index (χ3v) is 4.00. The summed E-state index contributed by atoms with van der Waals surface area (Å²) in [5, 5.41) is 6.37. The highest BCUT2D eigenvalue weighted by molar-refractivity contribution is 5.98. The Hall–Kier alpha value is -1.75. The molecule has 1 aliphatic rings. The molecule has 2 rings (SSSR count). The molecule has 1 unspecified atom stereocenters. The minimum Gasteiger partial charge on any atom is -0.493 e. The van der Waals surface area contributed by atoms with Gasteiger partial charge in [-0.1, -0.05) is 13.3 Å². The molecule has 21 heavy (non-hydrogen) atoms. The Morgan fingerprint density at radius 2 is 2.10 bits per heavy atom. The van der Waals surface area contributed by atoms with E-state index in [9.17, 15) is 4.79 Å². The molecule has 0 radical (unpaired) electrons. The van der Waals surface area contributed by atoms with Gasteiger partial charge in [0.25, 0.3) is 0 Å². The first-order chi connectivity index (χ1) is 10.1. The summed E-state index contributed by atoms with van der Waals surface area (Å²) in [6.45, 7) is 3.00. The Kier molecular flexibility index (Phi) is 5.07. The van der Waals surface area contributed by atoms with E-state index in [0.29, 0.717) is 11.5 Å². The first-order valence-corrected chi connectivity index (χ1v) is 7.43. The molecule has 5 heteroatoms. The van der Waals surface area contributed by atoms with Crippen LogP contribution in [0.3, 0.4) is 0 Å². The van der Waals surface area contributed by atoms with E-state index in [1.807, 2.05) is 6.07 Å². The predicted molar refractivity (Wildman–Crippen MR) is 83.1 cm³/mol. The van der Waals surface area contributed by atoms with Gasteiger partial charge in [-0.05, 0) is 37.9 Å². The van der Waals surface area contributed by atoms with Gasteiger partial charge in [-0.2, -0.15) is 0 Å². The topological polar surface area (TPSA) is 59.6 Å². The molecule has 1 amide bonds. The maximum atomic E-state index is 12.6. The van der Waals surface area contributed by atoms with Crippen LogP contribution < -0.4 is 20.1 Å². The standard InChI is InChI=1S/C16H24N2O3/c1-4-8-16(9-5-10-17-16)15(19)18-12-6-7-13(20-2)14(11-12)21-3/h6-7,11,17H,4-5,8-10H2,1-3H3,(H,18,19). The van der Waals surface area contributed by atoms with Crippen molar-refractivity contribution in [3.8, 4) is 11.5 Å². The maximum Gasteiger partial charge on any atom is 0.244 e. The minimum absolute atomic E-state index is 0.0362. The monoisotopic (exact) mass is 292 g/mol. The summed E-state index contributed by atoms with van der Waals surface area (Å²) < 4.78 is 10.5. The zero-order valence-corrected chi connectivity index (χ0v) is 13.0. The van der Waals surface area contributed by atoms with Crippen molar-refractivity contribution >= 4 is 11.6 Å². The molecule has 116 valence electrons. The normalized spacial score (nSPS) is 21.1. The number of ether oxygens (including phenoxy) is 2. The van der Waals surface area contributed by atoms with Crippen LogP contribution in [0, 0.1) is 0 Å². The van der Waals surface area contributed by atoms with Gasteiger partial charge in [0.15, 0.2) is 11.5 Å². The van der Waals surface area contributed by atoms with E-state index in [2.05, 4.69) is 17.6 Å². The van der Waals surface area contributed by atoms with E-state index >= 15 is 0 Å². The third-order valence-electron chi connectivity index (χ3n) is 4.00. The molecule has 1 aromatic rings. The number of hydrogen-bond donors (Lipinski definition) is 2. The van der Waals surface area contributed by atoms with Crippen LogP contribution in [0.5, 0.6) is 11.5 Å². The van der Waals surface area contributed by atoms with Crippen LogP contribution in [0.25, 0.3) is 0 Å². The fourth-order valence-electron chi connectivity index (χ4n) is 2.92. The summed E-state index contributed by atoms with van der Waals surface area (Å²) in [5.74, 6) is 1.30. The molecule has 1 aliphatic heterocycles. The molecule has 5 nitrogen and oxygen atoms in total. The van der Waals surface area contributed by atoms with E-state index in [0.717, 1.165) is 37.9 Å². The van der Waals surface area contributed by atoms with Gasteiger partial charge in [-0.15, -0.1) is 0 Å². The number of benzene rings is 1. The second-order valence-electron chi connectivity index (χ2n) is 5.39. The van der Waals surface area contributed by atoms with E-state index in [-0.39, 0.29) is 5.91 Å². The summed E-state index contributed by atoms with van der Waals surface area (Å²) in [4.78, 5) is 12.6. The molecule has 0 aromatic heterocycles. The zero-order chi connectivity index (χ0) is 15.3. The van der Waals surface area contributed by atoms with Crippen LogP contribution in [0.15, 0.2) is 18.2 Å². The SMILES string of the molecule is CCCC1(C(=O)Nc2ccc(OC)c(OC)c2)CCCN1. The predicted octanol–water partition coefficient (Wildman–Crippen LogP) is 2.56. The average molecular weight is 292 g/mol. The summed E-state index contributed by atoms with van der Waals surface area (Å²) in [7, 11) is 3.18. The molecule has 1 fully saturated rings. The Morgan fingerprint density at radius 1 is 1.33 bits per heavy atom. The Morgan fingerprint density at radius 3 is 2.67 bits per heavy atom. The van der Waals surface area contributed by atoms with E-state index in [4.69, 9.17) is 9.47 Å². The minimum atomic E-state index is -0.429. The van der Waals surface area contributed by atoms with Crippen LogP contribution in [0.1, 0.15) is 32.6 Å². The van der Waals surface area contributed by atoms with Crippen LogP contribution in [0.2, 0.25) is 0 Å². The van der Waals surface area contributed by atoms with E-state index in [1.54, 1.807) is 26.4 Å². The van der Waals surface area contributed by atoms with Gasteiger partial charge in [-0.25, -0.2) is 0 Å². The van der Waals surface area contributed by atoms with Crippen molar-refractivity contribution in [3.63, 3.8) is 0 Å². The second-order valence-corrected chi connectivity index (χ2v) is 5.39. The molecule has 0 saturated carbocycles. The lowest BCUT2D eigenvalue weighted by Gasteiger charge is -2.28. The highest BCUT2D eigenvalue weighted by Crippen LogP contribution is 2.31. The second kappa shape index (κ2) is 6.80. The lowest BCUT2D eigenvalue weighted by molar-refractivity contribution is -0.122. The number of methoxy groups -OCH3 is 2. The van der Waals surface area contributed by atoms with Crippen LogP contribution >= 0.6 is 0 Å². The molecule has 1 saturated heterocycles. The zero-order valence-electron chi connectivity index (χ0n) is 13.0. The summed E-state index contributed by atoms with van der Waals surface area (Å²) in [6, 6.07) is 5.40. The van der Waals surface area contributed by atoms with Gasteiger partial charge in [0, 0.05) is 11.8 Å². The van der Waals surface area contributed by atoms with Gasteiger partial charge < -0.3 is 20.1 Å². The third kappa shape index (κ3) is 3.29. The summed E-state index contributed by atoms with van der Waals surface area (Å²) in [5.41, 5.74) is 0.295. The smallest absolute Gasteiger partial charge is 0.244 e. The molecular weight excluding hydrogens is 268 g/mol. The van der Waals surface area contributed by atoms with Crippen molar-refractivity contribution in [3.05, 3.63) is 18.2 Å². The van der Waals surface area contributed by atoms with Gasteiger partial charge in [0.2, 0.25) is 5.91 Å². The number of nitrogens with one attached hydrogen (secondary N) is 2. The van der Waals surface area contributed by atoms with Crippen molar-refractivity contribution in [1.29, 1.82) is 0 Å². The van der Waals surface area contributed by atoms with Crippen molar-refractivity contribution in [1.82, 2.24) is 5.32 Å². The number of amides is 1. The molecular formula is C16H24N2O3. The first kappa shape index (κ1) is 15.6. The van der Waals surface area contributed by atoms with Crippen LogP contribution in [-0.2, 0) is 4.79 Å².